The molecule has 2 N–H and O–H groups in total. The lowest BCUT2D eigenvalue weighted by Gasteiger charge is -2.25. The van der Waals surface area contributed by atoms with Gasteiger partial charge in [-0.25, -0.2) is 0 Å². The highest BCUT2D eigenvalue weighted by atomic mass is 16.3. The van der Waals surface area contributed by atoms with Crippen LogP contribution in [0.5, 0.6) is 0 Å². The van der Waals surface area contributed by atoms with Crippen LogP contribution in [0.25, 0.3) is 0 Å². The maximum atomic E-state index is 9.82. The second-order valence-corrected chi connectivity index (χ2v) is 6.11. The summed E-state index contributed by atoms with van der Waals surface area (Å²) in [4.78, 5) is 4.50. The van der Waals surface area contributed by atoms with E-state index in [-0.39, 0.29) is 25.3 Å². The molecule has 2 aromatic carbocycles. The number of aliphatic hydroxyl groups excluding tert-OH is 2. The van der Waals surface area contributed by atoms with Crippen LogP contribution in [0.1, 0.15) is 11.1 Å². The fraction of sp³-hybridized carbons (Fsp3) is 0.368. The Labute approximate surface area is 137 Å². The molecule has 122 valence electrons. The molecule has 4 nitrogen and oxygen atoms in total. The molecule has 1 heterocycles. The Morgan fingerprint density at radius 1 is 0.696 bits per heavy atom. The van der Waals surface area contributed by atoms with E-state index < -0.39 is 0 Å². The number of hydrogen-bond donors (Lipinski definition) is 2. The molecule has 0 aliphatic carbocycles. The highest BCUT2D eigenvalue weighted by Crippen LogP contribution is 2.24. The summed E-state index contributed by atoms with van der Waals surface area (Å²) in [5, 5.41) is 19.6. The molecule has 1 aliphatic heterocycles. The number of benzene rings is 2. The first-order valence-electron chi connectivity index (χ1n) is 8.09. The molecular formula is C19H24N2O2. The Balaban J connectivity index is 1.74. The molecule has 0 aromatic heterocycles. The number of nitrogens with zero attached hydrogens (tertiary/aromatic N) is 2. The summed E-state index contributed by atoms with van der Waals surface area (Å²) in [6, 6.07) is 20.5. The zero-order chi connectivity index (χ0) is 16.1. The number of hydrogen-bond acceptors (Lipinski definition) is 4. The molecule has 0 spiro atoms. The smallest absolute Gasteiger partial charge is 0.0603 e. The average Bonchev–Trinajstić information content (AvgIpc) is 2.92. The van der Waals surface area contributed by atoms with Crippen molar-refractivity contribution in [3.63, 3.8) is 0 Å². The largest absolute Gasteiger partial charge is 0.395 e. The molecule has 0 unspecified atom stereocenters. The topological polar surface area (TPSA) is 46.9 Å². The fourth-order valence-corrected chi connectivity index (χ4v) is 3.37. The highest BCUT2D eigenvalue weighted by molar-refractivity contribution is 5.17. The molecule has 23 heavy (non-hydrogen) atoms. The summed E-state index contributed by atoms with van der Waals surface area (Å²) >= 11 is 0. The Morgan fingerprint density at radius 3 is 1.43 bits per heavy atom. The first-order valence-corrected chi connectivity index (χ1v) is 8.09. The molecule has 2 aromatic rings. The summed E-state index contributed by atoms with van der Waals surface area (Å²) in [6.07, 6.45) is 0. The molecule has 3 rings (SSSR count). The summed E-state index contributed by atoms with van der Waals surface area (Å²) in [7, 11) is 0. The van der Waals surface area contributed by atoms with Gasteiger partial charge in [0.15, 0.2) is 0 Å². The highest BCUT2D eigenvalue weighted by Gasteiger charge is 2.38. The third-order valence-corrected chi connectivity index (χ3v) is 4.58. The van der Waals surface area contributed by atoms with Crippen molar-refractivity contribution >= 4 is 0 Å². The maximum Gasteiger partial charge on any atom is 0.0603 e. The Hall–Kier alpha value is -1.72. The van der Waals surface area contributed by atoms with Gasteiger partial charge in [-0.15, -0.1) is 0 Å². The van der Waals surface area contributed by atoms with Crippen molar-refractivity contribution in [1.29, 1.82) is 0 Å². The summed E-state index contributed by atoms with van der Waals surface area (Å²) in [5.41, 5.74) is 2.45. The molecule has 1 saturated heterocycles. The van der Waals surface area contributed by atoms with Crippen LogP contribution < -0.4 is 0 Å². The molecule has 4 heteroatoms. The normalized spacial score (nSPS) is 22.5. The van der Waals surface area contributed by atoms with E-state index in [1.807, 2.05) is 36.4 Å². The molecular weight excluding hydrogens is 288 g/mol. The summed E-state index contributed by atoms with van der Waals surface area (Å²) in [6.45, 7) is 2.44. The van der Waals surface area contributed by atoms with Crippen LogP contribution in [0.15, 0.2) is 60.7 Å². The Morgan fingerprint density at radius 2 is 1.09 bits per heavy atom. The van der Waals surface area contributed by atoms with Crippen molar-refractivity contribution in [2.24, 2.45) is 0 Å². The van der Waals surface area contributed by atoms with Crippen LogP contribution in [0, 0.1) is 0 Å². The zero-order valence-electron chi connectivity index (χ0n) is 13.3. The summed E-state index contributed by atoms with van der Waals surface area (Å²) < 4.78 is 0. The third-order valence-electron chi connectivity index (χ3n) is 4.58. The predicted molar refractivity (Wildman–Crippen MR) is 90.6 cm³/mol. The first kappa shape index (κ1) is 16.1. The van der Waals surface area contributed by atoms with Crippen LogP contribution in [0.2, 0.25) is 0 Å². The molecule has 0 radical (unpaired) electrons. The number of aliphatic hydroxyl groups is 2. The van der Waals surface area contributed by atoms with E-state index in [9.17, 15) is 10.2 Å². The molecule has 0 saturated carbocycles. The van der Waals surface area contributed by atoms with Gasteiger partial charge in [0.25, 0.3) is 0 Å². The van der Waals surface area contributed by atoms with Gasteiger partial charge in [0.05, 0.1) is 32.0 Å². The van der Waals surface area contributed by atoms with Gasteiger partial charge in [-0.3, -0.25) is 9.80 Å². The molecule has 0 amide bonds. The van der Waals surface area contributed by atoms with Crippen molar-refractivity contribution in [2.45, 2.75) is 25.2 Å². The van der Waals surface area contributed by atoms with Crippen LogP contribution >= 0.6 is 0 Å². The molecule has 1 aliphatic rings. The second-order valence-electron chi connectivity index (χ2n) is 6.11. The molecule has 1 fully saturated rings. The second kappa shape index (κ2) is 7.70. The minimum absolute atomic E-state index is 0.0380. The molecule has 0 bridgehead atoms. The molecule has 2 atom stereocenters. The van der Waals surface area contributed by atoms with E-state index in [4.69, 9.17) is 0 Å². The van der Waals surface area contributed by atoms with Crippen LogP contribution in [-0.4, -0.2) is 52.0 Å². The standard InChI is InChI=1S/C19H24N2O2/c22-13-18-19(14-23)21(12-17-9-5-2-6-10-17)15-20(18)11-16-7-3-1-4-8-16/h1-10,18-19,22-23H,11-15H2/t18-,19-/m1/s1. The third kappa shape index (κ3) is 3.79. The quantitative estimate of drug-likeness (QED) is 0.852. The monoisotopic (exact) mass is 312 g/mol. The van der Waals surface area contributed by atoms with Gasteiger partial charge in [-0.2, -0.15) is 0 Å². The number of rotatable bonds is 6. The van der Waals surface area contributed by atoms with E-state index in [1.165, 1.54) is 11.1 Å². The van der Waals surface area contributed by atoms with E-state index in [0.717, 1.165) is 19.8 Å². The van der Waals surface area contributed by atoms with Gasteiger partial charge in [-0.1, -0.05) is 60.7 Å². The zero-order valence-corrected chi connectivity index (χ0v) is 13.3. The van der Waals surface area contributed by atoms with Gasteiger partial charge in [0, 0.05) is 13.1 Å². The van der Waals surface area contributed by atoms with Gasteiger partial charge in [0.2, 0.25) is 0 Å². The van der Waals surface area contributed by atoms with E-state index in [0.29, 0.717) is 0 Å². The summed E-state index contributed by atoms with van der Waals surface area (Å²) in [5.74, 6) is 0. The minimum atomic E-state index is -0.0380. The van der Waals surface area contributed by atoms with Crippen LogP contribution in [-0.2, 0) is 13.1 Å². The average molecular weight is 312 g/mol. The van der Waals surface area contributed by atoms with Gasteiger partial charge >= 0.3 is 0 Å². The van der Waals surface area contributed by atoms with E-state index >= 15 is 0 Å². The van der Waals surface area contributed by atoms with Crippen molar-refractivity contribution in [1.82, 2.24) is 9.80 Å². The lowest BCUT2D eigenvalue weighted by Crippen LogP contribution is -2.42. The SMILES string of the molecule is OC[C@@H]1[C@@H](CO)N(Cc2ccccc2)CN1Cc1ccccc1. The van der Waals surface area contributed by atoms with Crippen molar-refractivity contribution in [3.8, 4) is 0 Å². The fourth-order valence-electron chi connectivity index (χ4n) is 3.37. The lowest BCUT2D eigenvalue weighted by atomic mass is 10.1. The Bertz CT molecular complexity index is 537. The lowest BCUT2D eigenvalue weighted by molar-refractivity contribution is 0.113. The predicted octanol–water partition coefficient (Wildman–Crippen LogP) is 1.68. The first-order chi connectivity index (χ1) is 11.3. The van der Waals surface area contributed by atoms with Crippen LogP contribution in [0.3, 0.4) is 0 Å². The minimum Gasteiger partial charge on any atom is -0.395 e. The van der Waals surface area contributed by atoms with Gasteiger partial charge < -0.3 is 10.2 Å². The van der Waals surface area contributed by atoms with Crippen molar-refractivity contribution in [3.05, 3.63) is 71.8 Å². The van der Waals surface area contributed by atoms with Gasteiger partial charge in [-0.05, 0) is 11.1 Å². The maximum absolute atomic E-state index is 9.82. The van der Waals surface area contributed by atoms with Crippen molar-refractivity contribution in [2.75, 3.05) is 19.9 Å². The van der Waals surface area contributed by atoms with Crippen molar-refractivity contribution < 1.29 is 10.2 Å². The van der Waals surface area contributed by atoms with Crippen LogP contribution in [0.4, 0.5) is 0 Å². The van der Waals surface area contributed by atoms with E-state index in [2.05, 4.69) is 34.1 Å². The Kier molecular flexibility index (Phi) is 5.41. The van der Waals surface area contributed by atoms with E-state index in [1.54, 1.807) is 0 Å². The van der Waals surface area contributed by atoms with Gasteiger partial charge in [0.1, 0.15) is 0 Å².